The molecule has 0 fully saturated rings. The Bertz CT molecular complexity index is 698. The summed E-state index contributed by atoms with van der Waals surface area (Å²) in [5, 5.41) is 4.57. The Morgan fingerprint density at radius 2 is 1.91 bits per heavy atom. The third kappa shape index (κ3) is 4.85. The Balaban J connectivity index is 1.81. The van der Waals surface area contributed by atoms with Crippen LogP contribution in [0.2, 0.25) is 0 Å². The van der Waals surface area contributed by atoms with Crippen LogP contribution in [0.15, 0.2) is 47.8 Å². The van der Waals surface area contributed by atoms with Crippen molar-refractivity contribution in [2.75, 3.05) is 17.0 Å². The Hall–Kier alpha value is -1.86. The molecule has 0 aliphatic carbocycles. The molecule has 1 heterocycles. The minimum absolute atomic E-state index is 0.0801. The maximum atomic E-state index is 12.0. The fraction of sp³-hybridized carbons (Fsp3) is 0.267. The fourth-order valence-electron chi connectivity index (χ4n) is 1.87. The summed E-state index contributed by atoms with van der Waals surface area (Å²) in [6, 6.07) is 12.4. The molecule has 0 aliphatic heterocycles. The first-order valence-electron chi connectivity index (χ1n) is 6.84. The number of para-hydroxylation sites is 1. The van der Waals surface area contributed by atoms with Gasteiger partial charge in [-0.05, 0) is 30.5 Å². The molecule has 1 aromatic heterocycles. The molecule has 2 N–H and O–H groups in total. The third-order valence-electron chi connectivity index (χ3n) is 3.08. The second-order valence-corrected chi connectivity index (χ2v) is 7.64. The molecule has 5 nitrogen and oxygen atoms in total. The Labute approximate surface area is 134 Å². The zero-order valence-corrected chi connectivity index (χ0v) is 13.8. The average Bonchev–Trinajstić information content (AvgIpc) is 3.00. The lowest BCUT2D eigenvalue weighted by atomic mass is 10.1. The van der Waals surface area contributed by atoms with Crippen molar-refractivity contribution in [1.29, 1.82) is 0 Å². The smallest absolute Gasteiger partial charge is 0.234 e. The van der Waals surface area contributed by atoms with Gasteiger partial charge >= 0.3 is 0 Å². The van der Waals surface area contributed by atoms with Crippen molar-refractivity contribution >= 4 is 33.0 Å². The van der Waals surface area contributed by atoms with E-state index in [9.17, 15) is 13.2 Å². The van der Waals surface area contributed by atoms with E-state index in [4.69, 9.17) is 0 Å². The van der Waals surface area contributed by atoms with E-state index in [1.807, 2.05) is 23.6 Å². The zero-order valence-electron chi connectivity index (χ0n) is 12.2. The normalized spacial score (nSPS) is 12.6. The number of hydrogen-bond donors (Lipinski definition) is 2. The summed E-state index contributed by atoms with van der Waals surface area (Å²) in [5.74, 6) is -0.604. The molecule has 2 aromatic rings. The van der Waals surface area contributed by atoms with Crippen LogP contribution in [0.25, 0.3) is 0 Å². The molecule has 0 radical (unpaired) electrons. The number of hydrogen-bond acceptors (Lipinski definition) is 4. The molecule has 0 saturated heterocycles. The molecule has 0 saturated carbocycles. The van der Waals surface area contributed by atoms with Crippen LogP contribution in [0, 0.1) is 0 Å². The van der Waals surface area contributed by atoms with Crippen molar-refractivity contribution in [2.45, 2.75) is 12.8 Å². The number of amides is 1. The van der Waals surface area contributed by atoms with E-state index in [1.165, 1.54) is 11.3 Å². The first-order chi connectivity index (χ1) is 10.5. The summed E-state index contributed by atoms with van der Waals surface area (Å²) in [4.78, 5) is 12.9. The Morgan fingerprint density at radius 1 is 1.18 bits per heavy atom. The predicted molar refractivity (Wildman–Crippen MR) is 89.6 cm³/mol. The van der Waals surface area contributed by atoms with Gasteiger partial charge < -0.3 is 5.32 Å². The summed E-state index contributed by atoms with van der Waals surface area (Å²) in [7, 11) is -3.47. The molecule has 1 aromatic carbocycles. The molecule has 22 heavy (non-hydrogen) atoms. The van der Waals surface area contributed by atoms with E-state index >= 15 is 0 Å². The first-order valence-corrected chi connectivity index (χ1v) is 9.38. The SMILES string of the molecule is C[C@H](C(=O)NCCS(=O)(=O)Nc1ccccc1)c1cccs1. The maximum absolute atomic E-state index is 12.0. The summed E-state index contributed by atoms with van der Waals surface area (Å²) in [6.07, 6.45) is 0. The van der Waals surface area contributed by atoms with Crippen molar-refractivity contribution in [2.24, 2.45) is 0 Å². The Kier molecular flexibility index (Phi) is 5.57. The van der Waals surface area contributed by atoms with Crippen molar-refractivity contribution in [3.63, 3.8) is 0 Å². The number of nitrogens with one attached hydrogen (secondary N) is 2. The van der Waals surface area contributed by atoms with Gasteiger partial charge in [0, 0.05) is 17.1 Å². The maximum Gasteiger partial charge on any atom is 0.234 e. The largest absolute Gasteiger partial charge is 0.354 e. The predicted octanol–water partition coefficient (Wildman–Crippen LogP) is 2.41. The quantitative estimate of drug-likeness (QED) is 0.814. The molecular formula is C15H18N2O3S2. The lowest BCUT2D eigenvalue weighted by molar-refractivity contribution is -0.122. The lowest BCUT2D eigenvalue weighted by Gasteiger charge is -2.11. The van der Waals surface area contributed by atoms with Gasteiger partial charge in [-0.2, -0.15) is 0 Å². The van der Waals surface area contributed by atoms with Gasteiger partial charge in [0.15, 0.2) is 0 Å². The second kappa shape index (κ2) is 7.42. The standard InChI is InChI=1S/C15H18N2O3S2/c1-12(14-8-5-10-21-14)15(18)16-9-11-22(19,20)17-13-6-3-2-4-7-13/h2-8,10,12,17H,9,11H2,1H3,(H,16,18)/t12-/m0/s1. The minimum atomic E-state index is -3.47. The van der Waals surface area contributed by atoms with Crippen LogP contribution in [0.1, 0.15) is 17.7 Å². The summed E-state index contributed by atoms with van der Waals surface area (Å²) >= 11 is 1.51. The van der Waals surface area contributed by atoms with Crippen molar-refractivity contribution in [3.05, 3.63) is 52.7 Å². The van der Waals surface area contributed by atoms with Gasteiger partial charge in [0.1, 0.15) is 0 Å². The lowest BCUT2D eigenvalue weighted by Crippen LogP contribution is -2.33. The molecule has 1 amide bonds. The number of rotatable bonds is 7. The number of sulfonamides is 1. The van der Waals surface area contributed by atoms with E-state index in [1.54, 1.807) is 31.2 Å². The molecule has 0 unspecified atom stereocenters. The van der Waals surface area contributed by atoms with Gasteiger partial charge in [0.2, 0.25) is 15.9 Å². The minimum Gasteiger partial charge on any atom is -0.354 e. The second-order valence-electron chi connectivity index (χ2n) is 4.82. The topological polar surface area (TPSA) is 75.3 Å². The van der Waals surface area contributed by atoms with Crippen molar-refractivity contribution in [3.8, 4) is 0 Å². The summed E-state index contributed by atoms with van der Waals surface area (Å²) < 4.78 is 26.3. The van der Waals surface area contributed by atoms with Crippen LogP contribution >= 0.6 is 11.3 Å². The number of benzene rings is 1. The molecule has 0 spiro atoms. The van der Waals surface area contributed by atoms with Crippen LogP contribution in [0.4, 0.5) is 5.69 Å². The number of anilines is 1. The van der Waals surface area contributed by atoms with Gasteiger partial charge in [-0.25, -0.2) is 8.42 Å². The summed E-state index contributed by atoms with van der Waals surface area (Å²) in [5.41, 5.74) is 0.515. The van der Waals surface area contributed by atoms with E-state index in [2.05, 4.69) is 10.0 Å². The highest BCUT2D eigenvalue weighted by Gasteiger charge is 2.17. The van der Waals surface area contributed by atoms with E-state index in [0.717, 1.165) is 4.88 Å². The van der Waals surface area contributed by atoms with Crippen LogP contribution < -0.4 is 10.0 Å². The van der Waals surface area contributed by atoms with Gasteiger partial charge in [0.05, 0.1) is 11.7 Å². The Morgan fingerprint density at radius 3 is 2.55 bits per heavy atom. The monoisotopic (exact) mass is 338 g/mol. The number of carbonyl (C=O) groups excluding carboxylic acids is 1. The zero-order chi connectivity index (χ0) is 16.0. The van der Waals surface area contributed by atoms with Crippen LogP contribution in [0.5, 0.6) is 0 Å². The fourth-order valence-corrected chi connectivity index (χ4v) is 3.62. The highest BCUT2D eigenvalue weighted by Crippen LogP contribution is 2.20. The van der Waals surface area contributed by atoms with Crippen molar-refractivity contribution in [1.82, 2.24) is 5.32 Å². The summed E-state index contributed by atoms with van der Waals surface area (Å²) in [6.45, 7) is 1.88. The molecule has 0 aliphatic rings. The third-order valence-corrected chi connectivity index (χ3v) is 5.42. The molecule has 0 bridgehead atoms. The molecule has 7 heteroatoms. The van der Waals surface area contributed by atoms with Crippen LogP contribution in [-0.2, 0) is 14.8 Å². The van der Waals surface area contributed by atoms with Crippen molar-refractivity contribution < 1.29 is 13.2 Å². The van der Waals surface area contributed by atoms with Gasteiger partial charge in [-0.15, -0.1) is 11.3 Å². The van der Waals surface area contributed by atoms with E-state index in [0.29, 0.717) is 5.69 Å². The van der Waals surface area contributed by atoms with Gasteiger partial charge in [-0.1, -0.05) is 24.3 Å². The average molecular weight is 338 g/mol. The number of thiophene rings is 1. The van der Waals surface area contributed by atoms with Gasteiger partial charge in [0.25, 0.3) is 0 Å². The molecule has 118 valence electrons. The van der Waals surface area contributed by atoms with E-state index < -0.39 is 10.0 Å². The van der Waals surface area contributed by atoms with Gasteiger partial charge in [-0.3, -0.25) is 9.52 Å². The molecule has 1 atom stereocenters. The van der Waals surface area contributed by atoms with E-state index in [-0.39, 0.29) is 24.1 Å². The highest BCUT2D eigenvalue weighted by atomic mass is 32.2. The van der Waals surface area contributed by atoms with Crippen LogP contribution in [0.3, 0.4) is 0 Å². The molecular weight excluding hydrogens is 320 g/mol. The highest BCUT2D eigenvalue weighted by molar-refractivity contribution is 7.92. The van der Waals surface area contributed by atoms with Crippen LogP contribution in [-0.4, -0.2) is 26.6 Å². The molecule has 2 rings (SSSR count). The first kappa shape index (κ1) is 16.5. The number of carbonyl (C=O) groups is 1.